The molecule has 1 aromatic rings. The van der Waals surface area contributed by atoms with Gasteiger partial charge in [0.1, 0.15) is 11.6 Å². The summed E-state index contributed by atoms with van der Waals surface area (Å²) in [5, 5.41) is 0. The fourth-order valence-corrected chi connectivity index (χ4v) is 1.63. The Morgan fingerprint density at radius 2 is 1.81 bits per heavy atom. The lowest BCUT2D eigenvalue weighted by molar-refractivity contribution is 0.570. The second-order valence-corrected chi connectivity index (χ2v) is 5.23. The summed E-state index contributed by atoms with van der Waals surface area (Å²) in [6, 6.07) is 1.89. The molecule has 0 aliphatic carbocycles. The van der Waals surface area contributed by atoms with Gasteiger partial charge in [-0.1, -0.05) is 27.7 Å². The van der Waals surface area contributed by atoms with Gasteiger partial charge in [0.25, 0.3) is 0 Å². The Hall–Kier alpha value is -1.12. The van der Waals surface area contributed by atoms with E-state index in [1.807, 2.05) is 6.07 Å². The normalized spacial score (nSPS) is 11.4. The SMILES string of the molecule is CC(C)CCc1nc(N)cc(CC(C)C)n1. The van der Waals surface area contributed by atoms with Gasteiger partial charge < -0.3 is 5.73 Å². The molecule has 0 saturated carbocycles. The van der Waals surface area contributed by atoms with Crippen molar-refractivity contribution in [2.75, 3.05) is 5.73 Å². The zero-order valence-electron chi connectivity index (χ0n) is 10.8. The van der Waals surface area contributed by atoms with Crippen molar-refractivity contribution in [3.05, 3.63) is 17.6 Å². The first-order valence-electron chi connectivity index (χ1n) is 6.09. The van der Waals surface area contributed by atoms with Gasteiger partial charge >= 0.3 is 0 Å². The highest BCUT2D eigenvalue weighted by Crippen LogP contribution is 2.11. The van der Waals surface area contributed by atoms with Crippen LogP contribution in [0.3, 0.4) is 0 Å². The quantitative estimate of drug-likeness (QED) is 0.831. The van der Waals surface area contributed by atoms with Crippen LogP contribution >= 0.6 is 0 Å². The van der Waals surface area contributed by atoms with Crippen LogP contribution in [0.25, 0.3) is 0 Å². The summed E-state index contributed by atoms with van der Waals surface area (Å²) in [6.07, 6.45) is 3.01. The molecule has 0 amide bonds. The highest BCUT2D eigenvalue weighted by Gasteiger charge is 2.05. The molecule has 0 spiro atoms. The highest BCUT2D eigenvalue weighted by molar-refractivity contribution is 5.30. The molecule has 2 N–H and O–H groups in total. The van der Waals surface area contributed by atoms with Crippen molar-refractivity contribution in [2.45, 2.75) is 47.0 Å². The van der Waals surface area contributed by atoms with Crippen LogP contribution in [0, 0.1) is 11.8 Å². The second kappa shape index (κ2) is 5.83. The van der Waals surface area contributed by atoms with Gasteiger partial charge in [-0.3, -0.25) is 0 Å². The average Bonchev–Trinajstić information content (AvgIpc) is 2.12. The van der Waals surface area contributed by atoms with Gasteiger partial charge in [-0.2, -0.15) is 0 Å². The molecule has 1 heterocycles. The number of anilines is 1. The van der Waals surface area contributed by atoms with Crippen LogP contribution in [0.5, 0.6) is 0 Å². The van der Waals surface area contributed by atoms with Gasteiger partial charge in [0.2, 0.25) is 0 Å². The van der Waals surface area contributed by atoms with Gasteiger partial charge in [0.15, 0.2) is 0 Å². The van der Waals surface area contributed by atoms with Crippen molar-refractivity contribution in [3.63, 3.8) is 0 Å². The predicted octanol–water partition coefficient (Wildman–Crippen LogP) is 2.85. The smallest absolute Gasteiger partial charge is 0.131 e. The van der Waals surface area contributed by atoms with Crippen LogP contribution in [0.2, 0.25) is 0 Å². The lowest BCUT2D eigenvalue weighted by Crippen LogP contribution is -2.06. The number of hydrogen-bond donors (Lipinski definition) is 1. The van der Waals surface area contributed by atoms with E-state index in [9.17, 15) is 0 Å². The molecular weight excluding hydrogens is 198 g/mol. The molecule has 90 valence electrons. The minimum Gasteiger partial charge on any atom is -0.384 e. The first kappa shape index (κ1) is 12.9. The molecule has 3 heteroatoms. The maximum absolute atomic E-state index is 5.79. The fraction of sp³-hybridized carbons (Fsp3) is 0.692. The van der Waals surface area contributed by atoms with Gasteiger partial charge in [-0.15, -0.1) is 0 Å². The topological polar surface area (TPSA) is 51.8 Å². The zero-order chi connectivity index (χ0) is 12.1. The van der Waals surface area contributed by atoms with Crippen molar-refractivity contribution in [1.29, 1.82) is 0 Å². The molecule has 0 saturated heterocycles. The van der Waals surface area contributed by atoms with Crippen molar-refractivity contribution < 1.29 is 0 Å². The Labute approximate surface area is 98.5 Å². The average molecular weight is 221 g/mol. The molecule has 0 aliphatic heterocycles. The van der Waals surface area contributed by atoms with E-state index in [1.165, 1.54) is 0 Å². The van der Waals surface area contributed by atoms with Gasteiger partial charge in [-0.25, -0.2) is 9.97 Å². The molecule has 0 aromatic carbocycles. The summed E-state index contributed by atoms with van der Waals surface area (Å²) >= 11 is 0. The Balaban J connectivity index is 2.73. The summed E-state index contributed by atoms with van der Waals surface area (Å²) in [5.74, 6) is 2.78. The van der Waals surface area contributed by atoms with Gasteiger partial charge in [0, 0.05) is 18.2 Å². The van der Waals surface area contributed by atoms with Crippen molar-refractivity contribution >= 4 is 5.82 Å². The number of nitrogen functional groups attached to an aromatic ring is 1. The number of aromatic nitrogens is 2. The Morgan fingerprint density at radius 3 is 2.38 bits per heavy atom. The number of nitrogens with two attached hydrogens (primary N) is 1. The lowest BCUT2D eigenvalue weighted by atomic mass is 10.1. The van der Waals surface area contributed by atoms with Crippen molar-refractivity contribution in [2.24, 2.45) is 11.8 Å². The third-order valence-electron chi connectivity index (χ3n) is 2.41. The van der Waals surface area contributed by atoms with Crippen molar-refractivity contribution in [1.82, 2.24) is 9.97 Å². The van der Waals surface area contributed by atoms with E-state index < -0.39 is 0 Å². The van der Waals surface area contributed by atoms with E-state index in [4.69, 9.17) is 5.73 Å². The maximum atomic E-state index is 5.79. The van der Waals surface area contributed by atoms with Crippen LogP contribution in [0.15, 0.2) is 6.07 Å². The zero-order valence-corrected chi connectivity index (χ0v) is 10.8. The summed E-state index contributed by atoms with van der Waals surface area (Å²) in [4.78, 5) is 8.83. The predicted molar refractivity (Wildman–Crippen MR) is 68.1 cm³/mol. The molecule has 0 bridgehead atoms. The third-order valence-corrected chi connectivity index (χ3v) is 2.41. The monoisotopic (exact) mass is 221 g/mol. The van der Waals surface area contributed by atoms with E-state index in [0.717, 1.165) is 30.8 Å². The number of hydrogen-bond acceptors (Lipinski definition) is 3. The highest BCUT2D eigenvalue weighted by atomic mass is 14.9. The van der Waals surface area contributed by atoms with Crippen LogP contribution in [-0.4, -0.2) is 9.97 Å². The minimum absolute atomic E-state index is 0.601. The molecule has 0 aliphatic rings. The molecule has 16 heavy (non-hydrogen) atoms. The third kappa shape index (κ3) is 4.60. The molecule has 0 unspecified atom stereocenters. The standard InChI is InChI=1S/C13H23N3/c1-9(2)5-6-13-15-11(7-10(3)4)8-12(14)16-13/h8-10H,5-7H2,1-4H3,(H2,14,15,16). The Kier molecular flexibility index (Phi) is 4.71. The molecular formula is C13H23N3. The van der Waals surface area contributed by atoms with E-state index in [0.29, 0.717) is 17.7 Å². The minimum atomic E-state index is 0.601. The number of aryl methyl sites for hydroxylation is 1. The number of nitrogens with zero attached hydrogens (tertiary/aromatic N) is 2. The van der Waals surface area contributed by atoms with Crippen LogP contribution in [0.1, 0.15) is 45.6 Å². The molecule has 0 radical (unpaired) electrons. The van der Waals surface area contributed by atoms with Crippen LogP contribution < -0.4 is 5.73 Å². The first-order chi connectivity index (χ1) is 7.47. The van der Waals surface area contributed by atoms with Crippen LogP contribution in [0.4, 0.5) is 5.82 Å². The van der Waals surface area contributed by atoms with E-state index >= 15 is 0 Å². The molecule has 0 atom stereocenters. The molecule has 3 nitrogen and oxygen atoms in total. The first-order valence-corrected chi connectivity index (χ1v) is 6.09. The second-order valence-electron chi connectivity index (χ2n) is 5.23. The molecule has 1 aromatic heterocycles. The maximum Gasteiger partial charge on any atom is 0.131 e. The Bertz CT molecular complexity index is 332. The van der Waals surface area contributed by atoms with Crippen molar-refractivity contribution in [3.8, 4) is 0 Å². The number of rotatable bonds is 5. The summed E-state index contributed by atoms with van der Waals surface area (Å²) in [5.41, 5.74) is 6.86. The van der Waals surface area contributed by atoms with Gasteiger partial charge in [0.05, 0.1) is 0 Å². The Morgan fingerprint density at radius 1 is 1.12 bits per heavy atom. The molecule has 1 rings (SSSR count). The van der Waals surface area contributed by atoms with E-state index in [1.54, 1.807) is 0 Å². The lowest BCUT2D eigenvalue weighted by Gasteiger charge is -2.08. The van der Waals surface area contributed by atoms with E-state index in [2.05, 4.69) is 37.7 Å². The molecule has 0 fully saturated rings. The summed E-state index contributed by atoms with van der Waals surface area (Å²) < 4.78 is 0. The summed E-state index contributed by atoms with van der Waals surface area (Å²) in [7, 11) is 0. The van der Waals surface area contributed by atoms with Crippen LogP contribution in [-0.2, 0) is 12.8 Å². The summed E-state index contributed by atoms with van der Waals surface area (Å²) in [6.45, 7) is 8.79. The largest absolute Gasteiger partial charge is 0.384 e. The fourth-order valence-electron chi connectivity index (χ4n) is 1.63. The van der Waals surface area contributed by atoms with E-state index in [-0.39, 0.29) is 0 Å². The van der Waals surface area contributed by atoms with Gasteiger partial charge in [-0.05, 0) is 24.7 Å².